The van der Waals surface area contributed by atoms with E-state index >= 15 is 0 Å². The molecule has 0 bridgehead atoms. The number of ketones is 1. The van der Waals surface area contributed by atoms with Gasteiger partial charge in [-0.3, -0.25) is 4.79 Å². The second-order valence-corrected chi connectivity index (χ2v) is 4.27. The van der Waals surface area contributed by atoms with Crippen molar-refractivity contribution in [1.82, 2.24) is 0 Å². The number of carbonyl (C=O) groups is 1. The maximum absolute atomic E-state index is 12.4. The minimum absolute atomic E-state index is 0.0256. The molecule has 20 heavy (non-hydrogen) atoms. The van der Waals surface area contributed by atoms with Gasteiger partial charge in [0.25, 0.3) is 0 Å². The third kappa shape index (κ3) is 3.25. The highest BCUT2D eigenvalue weighted by atomic mass is 16.2. The van der Waals surface area contributed by atoms with Crippen LogP contribution in [-0.4, -0.2) is 17.5 Å². The minimum atomic E-state index is -0.117. The van der Waals surface area contributed by atoms with E-state index in [2.05, 4.69) is 11.8 Å². The zero-order chi connectivity index (χ0) is 14.4. The Morgan fingerprint density at radius 3 is 2.60 bits per heavy atom. The summed E-state index contributed by atoms with van der Waals surface area (Å²) < 4.78 is 0. The maximum Gasteiger partial charge on any atom is 0.195 e. The summed E-state index contributed by atoms with van der Waals surface area (Å²) >= 11 is 0. The number of nitrogens with two attached hydrogens (primary N) is 1. The van der Waals surface area contributed by atoms with Crippen LogP contribution in [0.15, 0.2) is 48.5 Å². The number of benzene rings is 2. The molecule has 2 rings (SSSR count). The lowest BCUT2D eigenvalue weighted by Crippen LogP contribution is -2.05. The predicted molar refractivity (Wildman–Crippen MR) is 79.3 cm³/mol. The Morgan fingerprint density at radius 2 is 1.90 bits per heavy atom. The summed E-state index contributed by atoms with van der Waals surface area (Å²) in [7, 11) is 0. The van der Waals surface area contributed by atoms with Gasteiger partial charge in [-0.25, -0.2) is 0 Å². The van der Waals surface area contributed by atoms with Crippen LogP contribution in [0.25, 0.3) is 0 Å². The smallest absolute Gasteiger partial charge is 0.195 e. The van der Waals surface area contributed by atoms with Crippen molar-refractivity contribution in [1.29, 1.82) is 0 Å². The van der Waals surface area contributed by atoms with E-state index in [0.717, 1.165) is 0 Å². The molecule has 3 heteroatoms. The summed E-state index contributed by atoms with van der Waals surface area (Å²) in [6.45, 7) is 0.0256. The van der Waals surface area contributed by atoms with Crippen LogP contribution in [0.2, 0.25) is 0 Å². The second kappa shape index (κ2) is 6.55. The van der Waals surface area contributed by atoms with Gasteiger partial charge in [-0.1, -0.05) is 42.2 Å². The first-order chi connectivity index (χ1) is 9.72. The molecule has 100 valence electrons. The lowest BCUT2D eigenvalue weighted by molar-refractivity contribution is 0.103. The van der Waals surface area contributed by atoms with Gasteiger partial charge in [0.1, 0.15) is 0 Å². The number of anilines is 1. The van der Waals surface area contributed by atoms with Gasteiger partial charge in [-0.15, -0.1) is 0 Å². The molecule has 0 atom stereocenters. The monoisotopic (exact) mass is 265 g/mol. The van der Waals surface area contributed by atoms with Crippen LogP contribution in [0, 0.1) is 11.8 Å². The Labute approximate surface area is 118 Å². The molecule has 0 aromatic heterocycles. The Bertz CT molecular complexity index is 666. The van der Waals surface area contributed by atoms with Gasteiger partial charge in [0, 0.05) is 28.8 Å². The van der Waals surface area contributed by atoms with E-state index in [-0.39, 0.29) is 12.4 Å². The third-order valence-corrected chi connectivity index (χ3v) is 2.80. The highest BCUT2D eigenvalue weighted by Gasteiger charge is 2.12. The van der Waals surface area contributed by atoms with Crippen molar-refractivity contribution < 1.29 is 9.90 Å². The van der Waals surface area contributed by atoms with Gasteiger partial charge >= 0.3 is 0 Å². The van der Waals surface area contributed by atoms with Gasteiger partial charge < -0.3 is 10.8 Å². The lowest BCUT2D eigenvalue weighted by atomic mass is 10.00. The first-order valence-corrected chi connectivity index (χ1v) is 6.31. The SMILES string of the molecule is Nc1ccc(C#CCCO)cc1C(=O)c1ccccc1. The van der Waals surface area contributed by atoms with Crippen molar-refractivity contribution in [3.05, 3.63) is 65.2 Å². The quantitative estimate of drug-likeness (QED) is 0.508. The topological polar surface area (TPSA) is 63.3 Å². The average molecular weight is 265 g/mol. The van der Waals surface area contributed by atoms with Crippen LogP contribution < -0.4 is 5.73 Å². The van der Waals surface area contributed by atoms with E-state index in [4.69, 9.17) is 10.8 Å². The average Bonchev–Trinajstić information content (AvgIpc) is 2.49. The molecule has 2 aromatic rings. The van der Waals surface area contributed by atoms with Gasteiger partial charge in [0.05, 0.1) is 6.61 Å². The minimum Gasteiger partial charge on any atom is -0.398 e. The summed E-state index contributed by atoms with van der Waals surface area (Å²) in [4.78, 5) is 12.4. The largest absolute Gasteiger partial charge is 0.398 e. The molecule has 0 amide bonds. The van der Waals surface area contributed by atoms with Gasteiger partial charge in [0.2, 0.25) is 0 Å². The highest BCUT2D eigenvalue weighted by molar-refractivity contribution is 6.12. The van der Waals surface area contributed by atoms with Crippen molar-refractivity contribution in [3.8, 4) is 11.8 Å². The maximum atomic E-state index is 12.4. The molecule has 0 aliphatic rings. The molecule has 0 heterocycles. The van der Waals surface area contributed by atoms with Crippen molar-refractivity contribution in [2.75, 3.05) is 12.3 Å². The number of carbonyl (C=O) groups excluding carboxylic acids is 1. The Hall–Kier alpha value is -2.57. The van der Waals surface area contributed by atoms with Crippen LogP contribution in [0.3, 0.4) is 0 Å². The van der Waals surface area contributed by atoms with E-state index < -0.39 is 0 Å². The molecule has 0 fully saturated rings. The highest BCUT2D eigenvalue weighted by Crippen LogP contribution is 2.18. The van der Waals surface area contributed by atoms with Gasteiger partial charge in [-0.2, -0.15) is 0 Å². The molecule has 0 unspecified atom stereocenters. The van der Waals surface area contributed by atoms with E-state index in [1.165, 1.54) is 0 Å². The third-order valence-electron chi connectivity index (χ3n) is 2.80. The number of aliphatic hydroxyl groups excluding tert-OH is 1. The first-order valence-electron chi connectivity index (χ1n) is 6.31. The van der Waals surface area contributed by atoms with E-state index in [9.17, 15) is 4.79 Å². The summed E-state index contributed by atoms with van der Waals surface area (Å²) in [5.41, 5.74) is 8.07. The molecule has 0 aliphatic carbocycles. The van der Waals surface area contributed by atoms with E-state index in [0.29, 0.717) is 28.8 Å². The zero-order valence-electron chi connectivity index (χ0n) is 11.0. The van der Waals surface area contributed by atoms with E-state index in [1.54, 1.807) is 30.3 Å². The van der Waals surface area contributed by atoms with Crippen LogP contribution in [0.5, 0.6) is 0 Å². The fourth-order valence-electron chi connectivity index (χ4n) is 1.80. The van der Waals surface area contributed by atoms with Crippen molar-refractivity contribution in [2.45, 2.75) is 6.42 Å². The van der Waals surface area contributed by atoms with Crippen LogP contribution in [0.4, 0.5) is 5.69 Å². The number of nitrogen functional groups attached to an aromatic ring is 1. The Kier molecular flexibility index (Phi) is 4.54. The standard InChI is InChI=1S/C17H15NO2/c18-16-10-9-13(6-4-5-11-19)12-15(16)17(20)14-7-2-1-3-8-14/h1-3,7-10,12,19H,5,11,18H2. The molecule has 0 saturated heterocycles. The molecule has 3 nitrogen and oxygen atoms in total. The van der Waals surface area contributed by atoms with Crippen molar-refractivity contribution in [2.24, 2.45) is 0 Å². The fourth-order valence-corrected chi connectivity index (χ4v) is 1.80. The summed E-state index contributed by atoms with van der Waals surface area (Å²) in [6, 6.07) is 14.1. The molecule has 0 aliphatic heterocycles. The van der Waals surface area contributed by atoms with Crippen LogP contribution >= 0.6 is 0 Å². The number of hydrogen-bond donors (Lipinski definition) is 2. The second-order valence-electron chi connectivity index (χ2n) is 4.27. The molecule has 3 N–H and O–H groups in total. The molecule has 0 spiro atoms. The molecule has 2 aromatic carbocycles. The summed E-state index contributed by atoms with van der Waals surface area (Å²) in [6.07, 6.45) is 0.409. The number of aliphatic hydroxyl groups is 1. The van der Waals surface area contributed by atoms with Gasteiger partial charge in [-0.05, 0) is 18.2 Å². The summed E-state index contributed by atoms with van der Waals surface area (Å²) in [5, 5.41) is 8.70. The van der Waals surface area contributed by atoms with Crippen molar-refractivity contribution >= 4 is 11.5 Å². The lowest BCUT2D eigenvalue weighted by Gasteiger charge is -2.05. The molecule has 0 radical (unpaired) electrons. The number of hydrogen-bond acceptors (Lipinski definition) is 3. The molecule has 0 saturated carbocycles. The summed E-state index contributed by atoms with van der Waals surface area (Å²) in [5.74, 6) is 5.61. The van der Waals surface area contributed by atoms with Crippen molar-refractivity contribution in [3.63, 3.8) is 0 Å². The molecular weight excluding hydrogens is 250 g/mol. The fraction of sp³-hybridized carbons (Fsp3) is 0.118. The molecular formula is C17H15NO2. The van der Waals surface area contributed by atoms with Crippen LogP contribution in [0.1, 0.15) is 27.9 Å². The number of rotatable bonds is 3. The first kappa shape index (κ1) is 13.9. The Morgan fingerprint density at radius 1 is 1.15 bits per heavy atom. The zero-order valence-corrected chi connectivity index (χ0v) is 11.0. The van der Waals surface area contributed by atoms with Crippen LogP contribution in [-0.2, 0) is 0 Å². The predicted octanol–water partition coefficient (Wildman–Crippen LogP) is 2.23. The Balaban J connectivity index is 2.35. The van der Waals surface area contributed by atoms with E-state index in [1.807, 2.05) is 18.2 Å². The van der Waals surface area contributed by atoms with Gasteiger partial charge in [0.15, 0.2) is 5.78 Å². The normalized spacial score (nSPS) is 9.65.